The molecule has 3 saturated carbocycles. The molecule has 134 valence electrons. The van der Waals surface area contributed by atoms with E-state index in [4.69, 9.17) is 0 Å². The maximum atomic E-state index is 11.2. The van der Waals surface area contributed by atoms with E-state index in [0.29, 0.717) is 17.8 Å². The van der Waals surface area contributed by atoms with Gasteiger partial charge in [0.25, 0.3) is 0 Å². The number of aliphatic hydroxyl groups excluding tert-OH is 1. The van der Waals surface area contributed by atoms with Crippen LogP contribution in [0.25, 0.3) is 0 Å². The van der Waals surface area contributed by atoms with Gasteiger partial charge in [-0.15, -0.1) is 0 Å². The van der Waals surface area contributed by atoms with Crippen LogP contribution in [0.1, 0.15) is 77.6 Å². The second-order valence-corrected chi connectivity index (χ2v) is 9.02. The zero-order valence-electron chi connectivity index (χ0n) is 15.5. The molecule has 0 radical (unpaired) electrons. The molecule has 0 aromatic rings. The van der Waals surface area contributed by atoms with Gasteiger partial charge in [0, 0.05) is 12.5 Å². The van der Waals surface area contributed by atoms with Gasteiger partial charge >= 0.3 is 0 Å². The van der Waals surface area contributed by atoms with Crippen LogP contribution in [0.2, 0.25) is 0 Å². The summed E-state index contributed by atoms with van der Waals surface area (Å²) in [5, 5.41) is 14.7. The van der Waals surface area contributed by atoms with Crippen molar-refractivity contribution < 1.29 is 5.11 Å². The van der Waals surface area contributed by atoms with Gasteiger partial charge in [-0.3, -0.25) is 0 Å². The number of nitrogens with one attached hydrogen (secondary N) is 1. The molecule has 2 N–H and O–H groups in total. The summed E-state index contributed by atoms with van der Waals surface area (Å²) in [6, 6.07) is 0. The van der Waals surface area contributed by atoms with Crippen LogP contribution in [-0.2, 0) is 0 Å². The third-order valence-corrected chi connectivity index (χ3v) is 7.68. The first-order chi connectivity index (χ1) is 11.2. The Hall–Kier alpha value is -0.0800. The van der Waals surface area contributed by atoms with E-state index in [1.54, 1.807) is 0 Å². The molecule has 2 nitrogen and oxygen atoms in total. The number of aliphatic hydroxyl groups is 1. The fourth-order valence-corrected chi connectivity index (χ4v) is 6.27. The van der Waals surface area contributed by atoms with E-state index in [-0.39, 0.29) is 6.10 Å². The van der Waals surface area contributed by atoms with Gasteiger partial charge in [-0.25, -0.2) is 0 Å². The summed E-state index contributed by atoms with van der Waals surface area (Å²) in [4.78, 5) is 0. The minimum Gasteiger partial charge on any atom is -0.392 e. The summed E-state index contributed by atoms with van der Waals surface area (Å²) in [6.45, 7) is 3.38. The molecule has 23 heavy (non-hydrogen) atoms. The van der Waals surface area contributed by atoms with E-state index < -0.39 is 0 Å². The van der Waals surface area contributed by atoms with E-state index >= 15 is 0 Å². The lowest BCUT2D eigenvalue weighted by Gasteiger charge is -2.45. The van der Waals surface area contributed by atoms with Crippen LogP contribution in [0.3, 0.4) is 0 Å². The molecule has 0 heterocycles. The van der Waals surface area contributed by atoms with Crippen LogP contribution in [-0.4, -0.2) is 24.8 Å². The average Bonchev–Trinajstić information content (AvgIpc) is 2.59. The molecule has 0 aromatic carbocycles. The van der Waals surface area contributed by atoms with Gasteiger partial charge in [-0.1, -0.05) is 51.9 Å². The number of fused-ring (bicyclic) bond motifs is 1. The normalized spacial score (nSPS) is 41.1. The smallest absolute Gasteiger partial charge is 0.0613 e. The fraction of sp³-hybridized carbons (Fsp3) is 1.00. The standard InChI is InChI=1S/C21H39NO/c1-15-7-3-6-10-19(15)21(23)20(14-22-2)18-12-11-16-8-4-5-9-17(16)13-18/h15-23H,3-14H2,1-2H3/t15?,16?,17?,18?,19?,20-,21-/m1/s1. The van der Waals surface area contributed by atoms with Gasteiger partial charge in [0.1, 0.15) is 0 Å². The molecule has 0 aromatic heterocycles. The van der Waals surface area contributed by atoms with Crippen molar-refractivity contribution >= 4 is 0 Å². The Balaban J connectivity index is 1.65. The van der Waals surface area contributed by atoms with Crippen molar-refractivity contribution in [3.05, 3.63) is 0 Å². The molecule has 7 atom stereocenters. The Labute approximate surface area is 143 Å². The number of hydrogen-bond donors (Lipinski definition) is 2. The van der Waals surface area contributed by atoms with Crippen LogP contribution < -0.4 is 5.32 Å². The quantitative estimate of drug-likeness (QED) is 0.774. The Bertz CT molecular complexity index is 358. The predicted molar refractivity (Wildman–Crippen MR) is 97.3 cm³/mol. The van der Waals surface area contributed by atoms with Gasteiger partial charge in [0.2, 0.25) is 0 Å². The monoisotopic (exact) mass is 321 g/mol. The number of hydrogen-bond acceptors (Lipinski definition) is 2. The molecule has 2 heteroatoms. The molecular weight excluding hydrogens is 282 g/mol. The van der Waals surface area contributed by atoms with Crippen LogP contribution in [0, 0.1) is 35.5 Å². The molecule has 3 fully saturated rings. The lowest BCUT2D eigenvalue weighted by atomic mass is 9.62. The van der Waals surface area contributed by atoms with Crippen molar-refractivity contribution in [2.24, 2.45) is 35.5 Å². The van der Waals surface area contributed by atoms with Gasteiger partial charge in [-0.2, -0.15) is 0 Å². The summed E-state index contributed by atoms with van der Waals surface area (Å²) < 4.78 is 0. The maximum absolute atomic E-state index is 11.2. The molecule has 3 aliphatic carbocycles. The highest BCUT2D eigenvalue weighted by atomic mass is 16.3. The Morgan fingerprint density at radius 2 is 1.61 bits per heavy atom. The van der Waals surface area contributed by atoms with Crippen LogP contribution in [0.5, 0.6) is 0 Å². The number of rotatable bonds is 5. The van der Waals surface area contributed by atoms with E-state index in [1.165, 1.54) is 70.6 Å². The Kier molecular flexibility index (Phi) is 6.43. The SMILES string of the molecule is CNC[C@H](C1CCC2CCCCC2C1)[C@H](O)C1CCCCC1C. The van der Waals surface area contributed by atoms with Crippen molar-refractivity contribution in [2.45, 2.75) is 83.7 Å². The molecule has 0 bridgehead atoms. The molecule has 3 aliphatic rings. The van der Waals surface area contributed by atoms with Crippen molar-refractivity contribution in [3.63, 3.8) is 0 Å². The van der Waals surface area contributed by atoms with Crippen molar-refractivity contribution in [2.75, 3.05) is 13.6 Å². The van der Waals surface area contributed by atoms with Crippen molar-refractivity contribution in [3.8, 4) is 0 Å². The molecule has 0 saturated heterocycles. The first-order valence-electron chi connectivity index (χ1n) is 10.5. The van der Waals surface area contributed by atoms with Gasteiger partial charge in [0.05, 0.1) is 6.10 Å². The first-order valence-corrected chi connectivity index (χ1v) is 10.5. The third-order valence-electron chi connectivity index (χ3n) is 7.68. The minimum atomic E-state index is -0.0807. The zero-order valence-corrected chi connectivity index (χ0v) is 15.5. The molecule has 0 spiro atoms. The van der Waals surface area contributed by atoms with Gasteiger partial charge in [0.15, 0.2) is 0 Å². The zero-order chi connectivity index (χ0) is 16.2. The van der Waals surface area contributed by atoms with Crippen molar-refractivity contribution in [1.29, 1.82) is 0 Å². The van der Waals surface area contributed by atoms with E-state index in [9.17, 15) is 5.11 Å². The second kappa shape index (κ2) is 8.34. The van der Waals surface area contributed by atoms with Gasteiger partial charge < -0.3 is 10.4 Å². The summed E-state index contributed by atoms with van der Waals surface area (Å²) >= 11 is 0. The predicted octanol–water partition coefficient (Wildman–Crippen LogP) is 4.62. The molecular formula is C21H39NO. The minimum absolute atomic E-state index is 0.0807. The highest BCUT2D eigenvalue weighted by Crippen LogP contribution is 2.46. The summed E-state index contributed by atoms with van der Waals surface area (Å²) in [6.07, 6.45) is 15.2. The summed E-state index contributed by atoms with van der Waals surface area (Å²) in [7, 11) is 2.07. The van der Waals surface area contributed by atoms with E-state index in [1.807, 2.05) is 0 Å². The fourth-order valence-electron chi connectivity index (χ4n) is 6.27. The second-order valence-electron chi connectivity index (χ2n) is 9.02. The van der Waals surface area contributed by atoms with E-state index in [2.05, 4.69) is 19.3 Å². The van der Waals surface area contributed by atoms with Gasteiger partial charge in [-0.05, 0) is 62.3 Å². The lowest BCUT2D eigenvalue weighted by Crippen LogP contribution is -2.44. The lowest BCUT2D eigenvalue weighted by molar-refractivity contribution is -0.0298. The van der Waals surface area contributed by atoms with Crippen LogP contribution in [0.15, 0.2) is 0 Å². The van der Waals surface area contributed by atoms with Crippen LogP contribution in [0.4, 0.5) is 0 Å². The average molecular weight is 322 g/mol. The van der Waals surface area contributed by atoms with E-state index in [0.717, 1.165) is 24.3 Å². The summed E-state index contributed by atoms with van der Waals surface area (Å²) in [5.74, 6) is 4.48. The molecule has 0 amide bonds. The topological polar surface area (TPSA) is 32.3 Å². The largest absolute Gasteiger partial charge is 0.392 e. The highest BCUT2D eigenvalue weighted by Gasteiger charge is 2.40. The Morgan fingerprint density at radius 1 is 0.913 bits per heavy atom. The molecule has 5 unspecified atom stereocenters. The molecule has 0 aliphatic heterocycles. The van der Waals surface area contributed by atoms with Crippen LogP contribution >= 0.6 is 0 Å². The molecule has 3 rings (SSSR count). The third kappa shape index (κ3) is 4.12. The maximum Gasteiger partial charge on any atom is 0.0613 e. The highest BCUT2D eigenvalue weighted by molar-refractivity contribution is 4.91. The first kappa shape index (κ1) is 17.7. The Morgan fingerprint density at radius 3 is 2.35 bits per heavy atom. The van der Waals surface area contributed by atoms with Crippen molar-refractivity contribution in [1.82, 2.24) is 5.32 Å². The summed E-state index contributed by atoms with van der Waals surface area (Å²) in [5.41, 5.74) is 0.